The second kappa shape index (κ2) is 5.13. The first-order valence-electron chi connectivity index (χ1n) is 4.97. The van der Waals surface area contributed by atoms with Gasteiger partial charge in [0.2, 0.25) is 0 Å². The molecule has 2 aromatic carbocycles. The highest BCUT2D eigenvalue weighted by molar-refractivity contribution is 9.11. The maximum absolute atomic E-state index is 3.59. The lowest BCUT2D eigenvalue weighted by Gasteiger charge is -2.23. The lowest BCUT2D eigenvalue weighted by Crippen LogP contribution is -2.01. The zero-order valence-corrected chi connectivity index (χ0v) is 15.9. The molecule has 0 aromatic heterocycles. The number of hydrogen-bond donors (Lipinski definition) is 1. The molecule has 0 spiro atoms. The van der Waals surface area contributed by atoms with E-state index < -0.39 is 0 Å². The van der Waals surface area contributed by atoms with Crippen molar-refractivity contribution in [1.29, 1.82) is 0 Å². The lowest BCUT2D eigenvalue weighted by atomic mass is 10.2. The van der Waals surface area contributed by atoms with Gasteiger partial charge < -0.3 is 5.32 Å². The molecule has 1 N–H and O–H groups in total. The first kappa shape index (κ1) is 13.5. The average molecular weight is 515 g/mol. The zero-order valence-electron chi connectivity index (χ0n) is 8.73. The molecule has 18 heavy (non-hydrogen) atoms. The van der Waals surface area contributed by atoms with Crippen LogP contribution >= 0.6 is 75.5 Å². The maximum Gasteiger partial charge on any atom is 0.0671 e. The van der Waals surface area contributed by atoms with Crippen molar-refractivity contribution in [1.82, 2.24) is 0 Å². The van der Waals surface area contributed by atoms with Crippen molar-refractivity contribution in [3.05, 3.63) is 42.2 Å². The van der Waals surface area contributed by atoms with E-state index in [1.165, 1.54) is 9.79 Å². The Morgan fingerprint density at radius 2 is 1.17 bits per heavy atom. The van der Waals surface area contributed by atoms with Crippen LogP contribution in [0.1, 0.15) is 0 Å². The predicted molar refractivity (Wildman–Crippen MR) is 91.1 cm³/mol. The fourth-order valence-corrected chi connectivity index (χ4v) is 6.10. The summed E-state index contributed by atoms with van der Waals surface area (Å²) in [5, 5.41) is 3.48. The molecule has 0 unspecified atom stereocenters. The normalized spacial score (nSPS) is 12.7. The van der Waals surface area contributed by atoms with E-state index in [1.54, 1.807) is 11.8 Å². The summed E-state index contributed by atoms with van der Waals surface area (Å²) in [5.41, 5.74) is 2.22. The van der Waals surface area contributed by atoms with Gasteiger partial charge in [0.05, 0.1) is 11.4 Å². The van der Waals surface area contributed by atoms with E-state index in [1.807, 2.05) is 12.1 Å². The maximum atomic E-state index is 3.59. The van der Waals surface area contributed by atoms with Gasteiger partial charge in [0.1, 0.15) is 0 Å². The van der Waals surface area contributed by atoms with Gasteiger partial charge in [-0.2, -0.15) is 0 Å². The fraction of sp³-hybridized carbons (Fsp3) is 0. The number of nitrogens with one attached hydrogen (secondary N) is 1. The van der Waals surface area contributed by atoms with Gasteiger partial charge in [0, 0.05) is 27.7 Å². The Balaban J connectivity index is 2.18. The molecular weight excluding hydrogens is 510 g/mol. The number of fused-ring (bicyclic) bond motifs is 2. The summed E-state index contributed by atoms with van der Waals surface area (Å²) in [6.07, 6.45) is 0. The van der Waals surface area contributed by atoms with E-state index in [9.17, 15) is 0 Å². The topological polar surface area (TPSA) is 12.0 Å². The summed E-state index contributed by atoms with van der Waals surface area (Å²) < 4.78 is 4.25. The van der Waals surface area contributed by atoms with Gasteiger partial charge in [-0.25, -0.2) is 0 Å². The van der Waals surface area contributed by atoms with Gasteiger partial charge in [-0.15, -0.1) is 0 Å². The summed E-state index contributed by atoms with van der Waals surface area (Å²) in [7, 11) is 0. The second-order valence-corrected chi connectivity index (χ2v) is 8.37. The van der Waals surface area contributed by atoms with Crippen LogP contribution in [0.2, 0.25) is 0 Å². The summed E-state index contributed by atoms with van der Waals surface area (Å²) in [6, 6.07) is 8.33. The van der Waals surface area contributed by atoms with Crippen LogP contribution in [-0.2, 0) is 0 Å². The highest BCUT2D eigenvalue weighted by atomic mass is 79.9. The van der Waals surface area contributed by atoms with Crippen LogP contribution in [0.4, 0.5) is 11.4 Å². The minimum Gasteiger partial charge on any atom is -0.352 e. The van der Waals surface area contributed by atoms with Crippen molar-refractivity contribution in [3.63, 3.8) is 0 Å². The third-order valence-corrected chi connectivity index (χ3v) is 5.76. The third kappa shape index (κ3) is 2.42. The van der Waals surface area contributed by atoms with Crippen LogP contribution in [0, 0.1) is 0 Å². The van der Waals surface area contributed by atoms with Crippen LogP contribution in [0.3, 0.4) is 0 Å². The Bertz CT molecular complexity index is 602. The molecule has 0 fully saturated rings. The monoisotopic (exact) mass is 511 g/mol. The molecule has 1 heterocycles. The first-order chi connectivity index (χ1) is 8.54. The zero-order chi connectivity index (χ0) is 12.9. The van der Waals surface area contributed by atoms with E-state index >= 15 is 0 Å². The van der Waals surface area contributed by atoms with Crippen molar-refractivity contribution >= 4 is 86.9 Å². The average Bonchev–Trinajstić information content (AvgIpc) is 2.26. The van der Waals surface area contributed by atoms with Gasteiger partial charge in [0.25, 0.3) is 0 Å². The molecular formula is C12H5Br4NS. The molecule has 0 aliphatic carbocycles. The summed E-state index contributed by atoms with van der Waals surface area (Å²) in [4.78, 5) is 2.41. The highest BCUT2D eigenvalue weighted by Gasteiger charge is 2.21. The van der Waals surface area contributed by atoms with Gasteiger partial charge >= 0.3 is 0 Å². The van der Waals surface area contributed by atoms with Crippen LogP contribution < -0.4 is 5.32 Å². The fourth-order valence-electron chi connectivity index (χ4n) is 1.75. The molecule has 0 bridgehead atoms. The lowest BCUT2D eigenvalue weighted by molar-refractivity contribution is 1.28. The van der Waals surface area contributed by atoms with Crippen LogP contribution in [0.25, 0.3) is 0 Å². The van der Waals surface area contributed by atoms with Crippen molar-refractivity contribution in [2.45, 2.75) is 9.79 Å². The molecule has 1 nitrogen and oxygen atoms in total. The highest BCUT2D eigenvalue weighted by Crippen LogP contribution is 2.50. The smallest absolute Gasteiger partial charge is 0.0671 e. The van der Waals surface area contributed by atoms with Gasteiger partial charge in [-0.3, -0.25) is 0 Å². The molecule has 2 aromatic rings. The van der Waals surface area contributed by atoms with Crippen LogP contribution in [0.15, 0.2) is 51.9 Å². The molecule has 0 amide bonds. The second-order valence-electron chi connectivity index (χ2n) is 3.75. The van der Waals surface area contributed by atoms with Crippen LogP contribution in [-0.4, -0.2) is 0 Å². The number of halogens is 4. The third-order valence-electron chi connectivity index (χ3n) is 2.51. The predicted octanol–water partition coefficient (Wildman–Crippen LogP) is 6.94. The molecule has 0 saturated heterocycles. The Kier molecular flexibility index (Phi) is 3.84. The van der Waals surface area contributed by atoms with E-state index in [0.717, 1.165) is 29.3 Å². The SMILES string of the molecule is Brc1cc(Br)c2c(c1)Sc1cc(Br)cc(Br)c1N2. The van der Waals surface area contributed by atoms with Crippen molar-refractivity contribution in [3.8, 4) is 0 Å². The van der Waals surface area contributed by atoms with Gasteiger partial charge in [-0.05, 0) is 56.1 Å². The van der Waals surface area contributed by atoms with E-state index in [-0.39, 0.29) is 0 Å². The Morgan fingerprint density at radius 3 is 1.61 bits per heavy atom. The van der Waals surface area contributed by atoms with Crippen LogP contribution in [0.5, 0.6) is 0 Å². The molecule has 3 rings (SSSR count). The van der Waals surface area contributed by atoms with Gasteiger partial charge in [-0.1, -0.05) is 43.6 Å². The Hall–Kier alpha value is 0.510. The summed E-state index contributed by atoms with van der Waals surface area (Å²) >= 11 is 16.0. The van der Waals surface area contributed by atoms with E-state index in [4.69, 9.17) is 0 Å². The molecule has 6 heteroatoms. The van der Waals surface area contributed by atoms with E-state index in [0.29, 0.717) is 0 Å². The number of rotatable bonds is 0. The standard InChI is InChI=1S/C12H5Br4NS/c13-5-1-7(15)11-9(3-5)18-10-4-6(14)2-8(16)12(10)17-11/h1-4,17H. The molecule has 1 aliphatic rings. The van der Waals surface area contributed by atoms with Crippen molar-refractivity contribution < 1.29 is 0 Å². The summed E-state index contributed by atoms with van der Waals surface area (Å²) in [5.74, 6) is 0. The first-order valence-corrected chi connectivity index (χ1v) is 8.96. The Labute approximate surface area is 143 Å². The molecule has 0 saturated carbocycles. The number of anilines is 2. The number of benzene rings is 2. The molecule has 1 aliphatic heterocycles. The minimum absolute atomic E-state index is 1.06. The minimum atomic E-state index is 1.06. The molecule has 0 atom stereocenters. The van der Waals surface area contributed by atoms with Crippen molar-refractivity contribution in [2.75, 3.05) is 5.32 Å². The molecule has 92 valence electrons. The quantitative estimate of drug-likeness (QED) is 0.348. The summed E-state index contributed by atoms with van der Waals surface area (Å²) in [6.45, 7) is 0. The Morgan fingerprint density at radius 1 is 0.722 bits per heavy atom. The largest absolute Gasteiger partial charge is 0.352 e. The number of hydrogen-bond acceptors (Lipinski definition) is 2. The molecule has 0 radical (unpaired) electrons. The van der Waals surface area contributed by atoms with E-state index in [2.05, 4.69) is 81.2 Å². The van der Waals surface area contributed by atoms with Crippen molar-refractivity contribution in [2.24, 2.45) is 0 Å². The van der Waals surface area contributed by atoms with Gasteiger partial charge in [0.15, 0.2) is 0 Å².